The van der Waals surface area contributed by atoms with E-state index in [-0.39, 0.29) is 29.9 Å². The number of sulfone groups is 1. The van der Waals surface area contributed by atoms with Crippen molar-refractivity contribution in [2.24, 2.45) is 16.8 Å². The SMILES string of the molecule is CC1CCN(C(=NCC2CCS(=O)(=O)C2)NC(C)C)CC1.I. The number of hydrogen-bond donors (Lipinski definition) is 1. The van der Waals surface area contributed by atoms with Gasteiger partial charge in [0.25, 0.3) is 0 Å². The van der Waals surface area contributed by atoms with Gasteiger partial charge in [-0.3, -0.25) is 4.99 Å². The van der Waals surface area contributed by atoms with Gasteiger partial charge in [0.1, 0.15) is 0 Å². The first-order chi connectivity index (χ1) is 9.85. The molecule has 1 atom stereocenters. The topological polar surface area (TPSA) is 61.8 Å². The average molecular weight is 443 g/mol. The van der Waals surface area contributed by atoms with Gasteiger partial charge in [-0.2, -0.15) is 0 Å². The Morgan fingerprint density at radius 2 is 1.91 bits per heavy atom. The van der Waals surface area contributed by atoms with Crippen molar-refractivity contribution in [3.05, 3.63) is 0 Å². The molecule has 2 fully saturated rings. The smallest absolute Gasteiger partial charge is 0.194 e. The van der Waals surface area contributed by atoms with Gasteiger partial charge in [-0.25, -0.2) is 8.42 Å². The first kappa shape index (κ1) is 20.0. The molecule has 2 rings (SSSR count). The van der Waals surface area contributed by atoms with Crippen molar-refractivity contribution in [2.75, 3.05) is 31.1 Å². The number of guanidine groups is 1. The van der Waals surface area contributed by atoms with Crippen LogP contribution in [0.2, 0.25) is 0 Å². The lowest BCUT2D eigenvalue weighted by Crippen LogP contribution is -2.47. The zero-order valence-electron chi connectivity index (χ0n) is 13.9. The van der Waals surface area contributed by atoms with E-state index in [0.29, 0.717) is 24.1 Å². The highest BCUT2D eigenvalue weighted by Gasteiger charge is 2.28. The van der Waals surface area contributed by atoms with Crippen LogP contribution in [0.1, 0.15) is 40.0 Å². The van der Waals surface area contributed by atoms with Crippen LogP contribution in [0.5, 0.6) is 0 Å². The highest BCUT2D eigenvalue weighted by molar-refractivity contribution is 14.0. The van der Waals surface area contributed by atoms with Crippen molar-refractivity contribution in [2.45, 2.75) is 46.1 Å². The molecule has 1 N–H and O–H groups in total. The molecule has 0 aromatic heterocycles. The maximum atomic E-state index is 11.5. The highest BCUT2D eigenvalue weighted by atomic mass is 127. The Hall–Kier alpha value is -0.0500. The summed E-state index contributed by atoms with van der Waals surface area (Å²) in [5.41, 5.74) is 0. The van der Waals surface area contributed by atoms with E-state index in [1.807, 2.05) is 0 Å². The monoisotopic (exact) mass is 443 g/mol. The second-order valence-corrected chi connectivity index (χ2v) is 9.13. The van der Waals surface area contributed by atoms with E-state index < -0.39 is 9.84 Å². The Morgan fingerprint density at radius 1 is 1.27 bits per heavy atom. The fourth-order valence-corrected chi connectivity index (χ4v) is 4.80. The van der Waals surface area contributed by atoms with Crippen molar-refractivity contribution in [3.63, 3.8) is 0 Å². The van der Waals surface area contributed by atoms with Crippen LogP contribution in [0, 0.1) is 11.8 Å². The van der Waals surface area contributed by atoms with Crippen LogP contribution < -0.4 is 5.32 Å². The molecule has 22 heavy (non-hydrogen) atoms. The molecular formula is C15H30IN3O2S. The van der Waals surface area contributed by atoms with Crippen LogP contribution >= 0.6 is 24.0 Å². The van der Waals surface area contributed by atoms with Crippen LogP contribution in [0.15, 0.2) is 4.99 Å². The zero-order valence-corrected chi connectivity index (χ0v) is 17.1. The number of nitrogens with one attached hydrogen (secondary N) is 1. The second kappa shape index (κ2) is 8.70. The molecule has 130 valence electrons. The molecule has 0 spiro atoms. The van der Waals surface area contributed by atoms with E-state index in [9.17, 15) is 8.42 Å². The summed E-state index contributed by atoms with van der Waals surface area (Å²) in [6, 6.07) is 0.343. The van der Waals surface area contributed by atoms with Crippen LogP contribution in [-0.2, 0) is 9.84 Å². The van der Waals surface area contributed by atoms with Gasteiger partial charge in [0.2, 0.25) is 0 Å². The Kier molecular flexibility index (Phi) is 7.91. The van der Waals surface area contributed by atoms with Crippen molar-refractivity contribution in [3.8, 4) is 0 Å². The van der Waals surface area contributed by atoms with Crippen LogP contribution in [0.3, 0.4) is 0 Å². The molecule has 0 aromatic rings. The number of rotatable bonds is 3. The summed E-state index contributed by atoms with van der Waals surface area (Å²) in [5.74, 6) is 2.59. The molecule has 2 aliphatic heterocycles. The Balaban J connectivity index is 0.00000242. The van der Waals surface area contributed by atoms with Gasteiger partial charge in [-0.1, -0.05) is 6.92 Å². The van der Waals surface area contributed by atoms with E-state index in [0.717, 1.165) is 31.4 Å². The minimum atomic E-state index is -2.80. The number of nitrogens with zero attached hydrogens (tertiary/aromatic N) is 2. The molecule has 0 aromatic carbocycles. The third-order valence-electron chi connectivity index (χ3n) is 4.33. The summed E-state index contributed by atoms with van der Waals surface area (Å²) in [6.45, 7) is 9.24. The molecule has 2 saturated heterocycles. The van der Waals surface area contributed by atoms with Gasteiger partial charge in [-0.15, -0.1) is 24.0 Å². The summed E-state index contributed by atoms with van der Waals surface area (Å²) in [4.78, 5) is 7.05. The molecular weight excluding hydrogens is 413 g/mol. The summed E-state index contributed by atoms with van der Waals surface area (Å²) >= 11 is 0. The molecule has 0 radical (unpaired) electrons. The van der Waals surface area contributed by atoms with Gasteiger partial charge in [0.15, 0.2) is 15.8 Å². The highest BCUT2D eigenvalue weighted by Crippen LogP contribution is 2.19. The molecule has 0 bridgehead atoms. The Bertz CT molecular complexity index is 471. The predicted octanol–water partition coefficient (Wildman–Crippen LogP) is 2.13. The number of hydrogen-bond acceptors (Lipinski definition) is 3. The first-order valence-corrected chi connectivity index (χ1v) is 9.94. The average Bonchev–Trinajstić information content (AvgIpc) is 2.75. The van der Waals surface area contributed by atoms with E-state index in [1.54, 1.807) is 0 Å². The minimum Gasteiger partial charge on any atom is -0.354 e. The zero-order chi connectivity index (χ0) is 15.5. The molecule has 1 unspecified atom stereocenters. The van der Waals surface area contributed by atoms with Crippen LogP contribution in [0.25, 0.3) is 0 Å². The molecule has 7 heteroatoms. The molecule has 2 aliphatic rings. The van der Waals surface area contributed by atoms with Crippen LogP contribution in [-0.4, -0.2) is 56.5 Å². The normalized spacial score (nSPS) is 26.1. The van der Waals surface area contributed by atoms with Gasteiger partial charge in [-0.05, 0) is 44.9 Å². The van der Waals surface area contributed by atoms with E-state index >= 15 is 0 Å². The largest absolute Gasteiger partial charge is 0.354 e. The van der Waals surface area contributed by atoms with Crippen molar-refractivity contribution < 1.29 is 8.42 Å². The molecule has 0 aliphatic carbocycles. The summed E-state index contributed by atoms with van der Waals surface area (Å²) in [6.07, 6.45) is 3.17. The third-order valence-corrected chi connectivity index (χ3v) is 6.16. The predicted molar refractivity (Wildman–Crippen MR) is 103 cm³/mol. The molecule has 0 saturated carbocycles. The maximum Gasteiger partial charge on any atom is 0.194 e. The lowest BCUT2D eigenvalue weighted by molar-refractivity contribution is 0.271. The maximum absolute atomic E-state index is 11.5. The standard InChI is InChI=1S/C15H29N3O2S.HI/c1-12(2)17-15(18-7-4-13(3)5-8-18)16-10-14-6-9-21(19,20)11-14;/h12-14H,4-11H2,1-3H3,(H,16,17);1H. The van der Waals surface area contributed by atoms with Crippen molar-refractivity contribution >= 4 is 39.8 Å². The summed E-state index contributed by atoms with van der Waals surface area (Å²) in [5, 5.41) is 3.44. The fourth-order valence-electron chi connectivity index (χ4n) is 2.95. The van der Waals surface area contributed by atoms with E-state index in [1.165, 1.54) is 12.8 Å². The number of halogens is 1. The molecule has 0 amide bonds. The Labute approximate surface area is 152 Å². The number of piperidine rings is 1. The molecule has 5 nitrogen and oxygen atoms in total. The summed E-state index contributed by atoms with van der Waals surface area (Å²) in [7, 11) is -2.80. The Morgan fingerprint density at radius 3 is 2.41 bits per heavy atom. The van der Waals surface area contributed by atoms with Gasteiger partial charge < -0.3 is 10.2 Å². The lowest BCUT2D eigenvalue weighted by atomic mass is 9.99. The van der Waals surface area contributed by atoms with E-state index in [4.69, 9.17) is 4.99 Å². The third kappa shape index (κ3) is 6.22. The quantitative estimate of drug-likeness (QED) is 0.413. The van der Waals surface area contributed by atoms with Gasteiger partial charge in [0.05, 0.1) is 11.5 Å². The lowest BCUT2D eigenvalue weighted by Gasteiger charge is -2.34. The van der Waals surface area contributed by atoms with Crippen molar-refractivity contribution in [1.29, 1.82) is 0 Å². The number of likely N-dealkylation sites (tertiary alicyclic amines) is 1. The number of aliphatic imine (C=N–C) groups is 1. The first-order valence-electron chi connectivity index (χ1n) is 8.12. The van der Waals surface area contributed by atoms with Gasteiger partial charge in [0, 0.05) is 25.7 Å². The fraction of sp³-hybridized carbons (Fsp3) is 0.933. The molecule has 2 heterocycles. The second-order valence-electron chi connectivity index (χ2n) is 6.90. The van der Waals surface area contributed by atoms with E-state index in [2.05, 4.69) is 31.0 Å². The van der Waals surface area contributed by atoms with Gasteiger partial charge >= 0.3 is 0 Å². The van der Waals surface area contributed by atoms with Crippen molar-refractivity contribution in [1.82, 2.24) is 10.2 Å². The summed E-state index contributed by atoms with van der Waals surface area (Å²) < 4.78 is 23.1. The van der Waals surface area contributed by atoms with Crippen LogP contribution in [0.4, 0.5) is 0 Å². The minimum absolute atomic E-state index is 0.